The van der Waals surface area contributed by atoms with Crippen LogP contribution >= 0.6 is 11.8 Å². The van der Waals surface area contributed by atoms with Crippen molar-refractivity contribution in [2.45, 2.75) is 82.3 Å². The Labute approximate surface area is 167 Å². The number of nitrogens with two attached hydrogens (primary N) is 1. The second-order valence-electron chi connectivity index (χ2n) is 9.02. The smallest absolute Gasteiger partial charge is 0.315 e. The Balaban J connectivity index is 1.85. The van der Waals surface area contributed by atoms with Gasteiger partial charge in [0.25, 0.3) is 0 Å². The predicted molar refractivity (Wildman–Crippen MR) is 110 cm³/mol. The molecule has 2 aliphatic rings. The fraction of sp³-hybridized carbons (Fsp3) is 0.682. The fourth-order valence-corrected chi connectivity index (χ4v) is 5.72. The number of carbonyl (C=O) groups excluding carboxylic acids is 1. The molecule has 1 heterocycles. The van der Waals surface area contributed by atoms with Crippen LogP contribution in [0, 0.1) is 17.3 Å². The fourth-order valence-electron chi connectivity index (χ4n) is 4.13. The van der Waals surface area contributed by atoms with E-state index in [4.69, 9.17) is 15.2 Å². The molecule has 1 aromatic rings. The van der Waals surface area contributed by atoms with E-state index >= 15 is 0 Å². The second kappa shape index (κ2) is 8.44. The molecule has 0 spiro atoms. The second-order valence-corrected chi connectivity index (χ2v) is 10.2. The minimum Gasteiger partial charge on any atom is -0.435 e. The first-order chi connectivity index (χ1) is 12.8. The Kier molecular flexibility index (Phi) is 6.42. The SMILES string of the molecule is C[C@H]1O[C@@H](C(C)(C)C)OC(=O)C1[C@H](Sc1ccccc1N)C1CCCCC1. The van der Waals surface area contributed by atoms with Gasteiger partial charge in [0.2, 0.25) is 6.29 Å². The van der Waals surface area contributed by atoms with Gasteiger partial charge in [0.1, 0.15) is 0 Å². The Hall–Kier alpha value is -1.20. The normalized spacial score (nSPS) is 28.6. The maximum absolute atomic E-state index is 13.1. The summed E-state index contributed by atoms with van der Waals surface area (Å²) in [6.45, 7) is 8.14. The summed E-state index contributed by atoms with van der Waals surface area (Å²) in [5.41, 5.74) is 6.75. The first kappa shape index (κ1) is 20.5. The number of ether oxygens (including phenoxy) is 2. The number of hydrogen-bond donors (Lipinski definition) is 1. The number of cyclic esters (lactones) is 1. The predicted octanol–water partition coefficient (Wildman–Crippen LogP) is 5.26. The van der Waals surface area contributed by atoms with Crippen LogP contribution in [0.25, 0.3) is 0 Å². The van der Waals surface area contributed by atoms with Crippen LogP contribution in [0.15, 0.2) is 29.2 Å². The van der Waals surface area contributed by atoms with E-state index in [-0.39, 0.29) is 28.7 Å². The van der Waals surface area contributed by atoms with Crippen molar-refractivity contribution in [1.82, 2.24) is 0 Å². The van der Waals surface area contributed by atoms with Gasteiger partial charge in [-0.1, -0.05) is 52.2 Å². The van der Waals surface area contributed by atoms with E-state index in [0.29, 0.717) is 5.92 Å². The third-order valence-corrected chi connectivity index (χ3v) is 7.27. The van der Waals surface area contributed by atoms with Crippen LogP contribution in [0.1, 0.15) is 59.8 Å². The molecular weight excluding hydrogens is 358 g/mol. The van der Waals surface area contributed by atoms with Crippen molar-refractivity contribution in [2.24, 2.45) is 17.3 Å². The summed E-state index contributed by atoms with van der Waals surface area (Å²) in [6.07, 6.45) is 5.40. The van der Waals surface area contributed by atoms with Crippen molar-refractivity contribution in [3.63, 3.8) is 0 Å². The first-order valence-corrected chi connectivity index (χ1v) is 11.0. The number of esters is 1. The molecule has 0 bridgehead atoms. The Morgan fingerprint density at radius 1 is 1.15 bits per heavy atom. The minimum absolute atomic E-state index is 0.119. The zero-order chi connectivity index (χ0) is 19.6. The highest BCUT2D eigenvalue weighted by Gasteiger charge is 2.47. The highest BCUT2D eigenvalue weighted by molar-refractivity contribution is 8.00. The molecule has 1 unspecified atom stereocenters. The standard InChI is InChI=1S/C22H33NO3S/c1-14-18(20(24)26-21(25-14)22(2,3)4)19(15-10-6-5-7-11-15)27-17-13-9-8-12-16(17)23/h8-9,12-15,18-19,21H,5-7,10-11,23H2,1-4H3/t14-,18?,19-,21-/m1/s1. The van der Waals surface area contributed by atoms with Gasteiger partial charge in [-0.15, -0.1) is 11.8 Å². The van der Waals surface area contributed by atoms with Gasteiger partial charge >= 0.3 is 5.97 Å². The van der Waals surface area contributed by atoms with Crippen molar-refractivity contribution >= 4 is 23.4 Å². The zero-order valence-electron chi connectivity index (χ0n) is 16.9. The third kappa shape index (κ3) is 4.80. The van der Waals surface area contributed by atoms with Gasteiger partial charge in [0.05, 0.1) is 12.0 Å². The monoisotopic (exact) mass is 391 g/mol. The summed E-state index contributed by atoms with van der Waals surface area (Å²) in [7, 11) is 0. The average molecular weight is 392 g/mol. The van der Waals surface area contributed by atoms with Crippen molar-refractivity contribution in [3.8, 4) is 0 Å². The summed E-state index contributed by atoms with van der Waals surface area (Å²) in [5, 5.41) is 0.124. The molecule has 1 saturated heterocycles. The number of anilines is 1. The van der Waals surface area contributed by atoms with Crippen molar-refractivity contribution in [3.05, 3.63) is 24.3 Å². The van der Waals surface area contributed by atoms with E-state index in [1.165, 1.54) is 19.3 Å². The van der Waals surface area contributed by atoms with E-state index in [1.807, 2.05) is 52.0 Å². The third-order valence-electron chi connectivity index (χ3n) is 5.70. The highest BCUT2D eigenvalue weighted by Crippen LogP contribution is 2.45. The quantitative estimate of drug-likeness (QED) is 0.431. The van der Waals surface area contributed by atoms with Gasteiger partial charge in [-0.2, -0.15) is 0 Å². The Morgan fingerprint density at radius 3 is 2.41 bits per heavy atom. The number of rotatable bonds is 4. The Morgan fingerprint density at radius 2 is 1.81 bits per heavy atom. The lowest BCUT2D eigenvalue weighted by Crippen LogP contribution is -2.52. The maximum atomic E-state index is 13.1. The molecule has 2 fully saturated rings. The molecule has 27 heavy (non-hydrogen) atoms. The number of thioether (sulfide) groups is 1. The zero-order valence-corrected chi connectivity index (χ0v) is 17.8. The van der Waals surface area contributed by atoms with Crippen molar-refractivity contribution in [1.29, 1.82) is 0 Å². The van der Waals surface area contributed by atoms with Crippen LogP contribution in [0.5, 0.6) is 0 Å². The lowest BCUT2D eigenvalue weighted by Gasteiger charge is -2.44. The maximum Gasteiger partial charge on any atom is 0.315 e. The molecule has 1 aliphatic heterocycles. The summed E-state index contributed by atoms with van der Waals surface area (Å²) >= 11 is 1.74. The number of nitrogen functional groups attached to an aromatic ring is 1. The highest BCUT2D eigenvalue weighted by atomic mass is 32.2. The molecule has 1 aliphatic carbocycles. The van der Waals surface area contributed by atoms with Crippen molar-refractivity contribution in [2.75, 3.05) is 5.73 Å². The summed E-state index contributed by atoms with van der Waals surface area (Å²) in [4.78, 5) is 14.1. The molecule has 2 N–H and O–H groups in total. The number of para-hydroxylation sites is 1. The van der Waals surface area contributed by atoms with E-state index in [1.54, 1.807) is 11.8 Å². The van der Waals surface area contributed by atoms with Gasteiger partial charge < -0.3 is 15.2 Å². The summed E-state index contributed by atoms with van der Waals surface area (Å²) < 4.78 is 12.0. The molecule has 4 atom stereocenters. The number of hydrogen-bond acceptors (Lipinski definition) is 5. The topological polar surface area (TPSA) is 61.5 Å². The molecule has 0 aromatic heterocycles. The molecule has 0 amide bonds. The lowest BCUT2D eigenvalue weighted by molar-refractivity contribution is -0.254. The minimum atomic E-state index is -0.491. The van der Waals surface area contributed by atoms with E-state index in [9.17, 15) is 4.79 Å². The van der Waals surface area contributed by atoms with Crippen molar-refractivity contribution < 1.29 is 14.3 Å². The molecule has 0 radical (unpaired) electrons. The summed E-state index contributed by atoms with van der Waals surface area (Å²) in [5.74, 6) is 0.0979. The number of benzene rings is 1. The Bertz CT molecular complexity index is 651. The van der Waals surface area contributed by atoms with Crippen LogP contribution in [-0.4, -0.2) is 23.6 Å². The first-order valence-electron chi connectivity index (χ1n) is 10.1. The van der Waals surface area contributed by atoms with Gasteiger partial charge in [-0.25, -0.2) is 0 Å². The van der Waals surface area contributed by atoms with E-state index in [2.05, 4.69) is 0 Å². The van der Waals surface area contributed by atoms with Crippen LogP contribution in [0.4, 0.5) is 5.69 Å². The van der Waals surface area contributed by atoms with Gasteiger partial charge in [0, 0.05) is 21.2 Å². The molecule has 3 rings (SSSR count). The van der Waals surface area contributed by atoms with Gasteiger partial charge in [0.15, 0.2) is 0 Å². The van der Waals surface area contributed by atoms with E-state index in [0.717, 1.165) is 23.4 Å². The number of carbonyl (C=O) groups is 1. The lowest BCUT2D eigenvalue weighted by atomic mass is 9.80. The van der Waals surface area contributed by atoms with Crippen LogP contribution in [-0.2, 0) is 14.3 Å². The molecule has 4 nitrogen and oxygen atoms in total. The molecule has 150 valence electrons. The van der Waals surface area contributed by atoms with Crippen LogP contribution < -0.4 is 5.73 Å². The molecule has 5 heteroatoms. The molecular formula is C22H33NO3S. The molecule has 1 saturated carbocycles. The van der Waals surface area contributed by atoms with Gasteiger partial charge in [-0.3, -0.25) is 4.79 Å². The average Bonchev–Trinajstić information content (AvgIpc) is 2.62. The van der Waals surface area contributed by atoms with Gasteiger partial charge in [-0.05, 0) is 37.8 Å². The van der Waals surface area contributed by atoms with E-state index < -0.39 is 6.29 Å². The van der Waals surface area contributed by atoms with Crippen LogP contribution in [0.2, 0.25) is 0 Å². The largest absolute Gasteiger partial charge is 0.435 e. The summed E-state index contributed by atoms with van der Waals surface area (Å²) in [6, 6.07) is 7.93. The van der Waals surface area contributed by atoms with Crippen LogP contribution in [0.3, 0.4) is 0 Å². The molecule has 1 aromatic carbocycles.